The quantitative estimate of drug-likeness (QED) is 0.651. The van der Waals surface area contributed by atoms with Crippen molar-refractivity contribution in [1.29, 1.82) is 0 Å². The Labute approximate surface area is 69.0 Å². The molecule has 5 heteroatoms. The van der Waals surface area contributed by atoms with E-state index in [0.717, 1.165) is 0 Å². The Morgan fingerprint density at radius 2 is 2.08 bits per heavy atom. The van der Waals surface area contributed by atoms with Gasteiger partial charge in [-0.3, -0.25) is 0 Å². The third kappa shape index (κ3) is 2.10. The summed E-state index contributed by atoms with van der Waals surface area (Å²) < 4.78 is 35.9. The van der Waals surface area contributed by atoms with Crippen molar-refractivity contribution in [1.82, 2.24) is 4.90 Å². The van der Waals surface area contributed by atoms with E-state index >= 15 is 0 Å². The average Bonchev–Trinajstić information content (AvgIpc) is 2.32. The van der Waals surface area contributed by atoms with Gasteiger partial charge in [0.05, 0.1) is 0 Å². The number of hydrogen-bond donors (Lipinski definition) is 1. The number of rotatable bonds is 1. The van der Waals surface area contributed by atoms with E-state index in [1.165, 1.54) is 0 Å². The number of halogens is 3. The molecular formula is C7H12F3NO. The van der Waals surface area contributed by atoms with Gasteiger partial charge in [-0.05, 0) is 20.0 Å². The van der Waals surface area contributed by atoms with Gasteiger partial charge < -0.3 is 10.0 Å². The molecule has 1 rings (SSSR count). The summed E-state index contributed by atoms with van der Waals surface area (Å²) in [6.45, 7) is 0.971. The Morgan fingerprint density at radius 3 is 2.42 bits per heavy atom. The molecule has 0 aromatic rings. The predicted octanol–water partition coefficient (Wildman–Crippen LogP) is 0.861. The third-order valence-corrected chi connectivity index (χ3v) is 2.21. The first kappa shape index (κ1) is 9.80. The Bertz CT molecular complexity index is 159. The molecule has 1 fully saturated rings. The van der Waals surface area contributed by atoms with Gasteiger partial charge in [-0.15, -0.1) is 0 Å². The second-order valence-electron chi connectivity index (χ2n) is 3.30. The number of aliphatic hydroxyl groups is 1. The molecular weight excluding hydrogens is 171 g/mol. The van der Waals surface area contributed by atoms with Gasteiger partial charge in [0.1, 0.15) is 0 Å². The Hall–Kier alpha value is -0.290. The van der Waals surface area contributed by atoms with Crippen molar-refractivity contribution in [3.8, 4) is 0 Å². The lowest BCUT2D eigenvalue weighted by Gasteiger charge is -2.20. The molecule has 2 unspecified atom stereocenters. The van der Waals surface area contributed by atoms with Crippen LogP contribution in [0.4, 0.5) is 13.2 Å². The van der Waals surface area contributed by atoms with Gasteiger partial charge in [-0.25, -0.2) is 0 Å². The summed E-state index contributed by atoms with van der Waals surface area (Å²) in [6, 6.07) is 0. The van der Waals surface area contributed by atoms with Crippen molar-refractivity contribution in [2.24, 2.45) is 5.92 Å². The summed E-state index contributed by atoms with van der Waals surface area (Å²) >= 11 is 0. The van der Waals surface area contributed by atoms with Crippen LogP contribution in [0.5, 0.6) is 0 Å². The Balaban J connectivity index is 2.48. The molecule has 2 atom stereocenters. The first-order chi connectivity index (χ1) is 5.41. The van der Waals surface area contributed by atoms with Crippen molar-refractivity contribution in [2.75, 3.05) is 20.1 Å². The molecule has 0 aromatic heterocycles. The molecule has 0 spiro atoms. The van der Waals surface area contributed by atoms with Gasteiger partial charge in [0.15, 0.2) is 6.10 Å². The summed E-state index contributed by atoms with van der Waals surface area (Å²) in [5.74, 6) is -0.644. The van der Waals surface area contributed by atoms with Crippen molar-refractivity contribution in [3.05, 3.63) is 0 Å². The minimum Gasteiger partial charge on any atom is -0.383 e. The maximum absolute atomic E-state index is 12.0. The number of hydrogen-bond acceptors (Lipinski definition) is 2. The monoisotopic (exact) mass is 183 g/mol. The van der Waals surface area contributed by atoms with Crippen LogP contribution in [0, 0.1) is 5.92 Å². The minimum absolute atomic E-state index is 0.334. The Kier molecular flexibility index (Phi) is 2.63. The molecule has 0 aromatic carbocycles. The molecule has 72 valence electrons. The average molecular weight is 183 g/mol. The fraction of sp³-hybridized carbons (Fsp3) is 1.00. The maximum atomic E-state index is 12.0. The first-order valence-corrected chi connectivity index (χ1v) is 3.84. The van der Waals surface area contributed by atoms with E-state index in [4.69, 9.17) is 5.11 Å². The number of alkyl halides is 3. The van der Waals surface area contributed by atoms with Crippen molar-refractivity contribution >= 4 is 0 Å². The Morgan fingerprint density at radius 1 is 1.50 bits per heavy atom. The second kappa shape index (κ2) is 3.22. The van der Waals surface area contributed by atoms with Crippen LogP contribution in [0.1, 0.15) is 6.42 Å². The standard InChI is InChI=1S/C7H12F3NO/c1-11-3-2-5(4-11)6(12)7(8,9)10/h5-6,12H,2-4H2,1H3. The lowest BCUT2D eigenvalue weighted by atomic mass is 10.0. The molecule has 0 radical (unpaired) electrons. The second-order valence-corrected chi connectivity index (χ2v) is 3.30. The van der Waals surface area contributed by atoms with Gasteiger partial charge in [0, 0.05) is 12.5 Å². The molecule has 1 aliphatic rings. The normalized spacial score (nSPS) is 29.2. The minimum atomic E-state index is -4.46. The third-order valence-electron chi connectivity index (χ3n) is 2.21. The van der Waals surface area contributed by atoms with Crippen LogP contribution < -0.4 is 0 Å². The molecule has 1 N–H and O–H groups in total. The number of likely N-dealkylation sites (tertiary alicyclic amines) is 1. The topological polar surface area (TPSA) is 23.5 Å². The van der Waals surface area contributed by atoms with Crippen LogP contribution in [-0.2, 0) is 0 Å². The van der Waals surface area contributed by atoms with E-state index in [1.54, 1.807) is 11.9 Å². The summed E-state index contributed by atoms with van der Waals surface area (Å²) in [6.07, 6.45) is -6.19. The lowest BCUT2D eigenvalue weighted by molar-refractivity contribution is -0.217. The van der Waals surface area contributed by atoms with Crippen molar-refractivity contribution in [2.45, 2.75) is 18.7 Å². The van der Waals surface area contributed by atoms with E-state index in [2.05, 4.69) is 0 Å². The van der Waals surface area contributed by atoms with Crippen LogP contribution in [0.25, 0.3) is 0 Å². The fourth-order valence-electron chi connectivity index (χ4n) is 1.49. The van der Waals surface area contributed by atoms with Gasteiger partial charge >= 0.3 is 6.18 Å². The highest BCUT2D eigenvalue weighted by molar-refractivity contribution is 4.82. The largest absolute Gasteiger partial charge is 0.414 e. The zero-order valence-electron chi connectivity index (χ0n) is 6.80. The first-order valence-electron chi connectivity index (χ1n) is 3.84. The van der Waals surface area contributed by atoms with Crippen LogP contribution in [-0.4, -0.2) is 42.4 Å². The molecule has 0 bridgehead atoms. The molecule has 0 saturated carbocycles. The van der Waals surface area contributed by atoms with Gasteiger partial charge in [-0.2, -0.15) is 13.2 Å². The van der Waals surface area contributed by atoms with E-state index in [1.807, 2.05) is 0 Å². The SMILES string of the molecule is CN1CCC(C(O)C(F)(F)F)C1. The number of aliphatic hydroxyl groups excluding tert-OH is 1. The molecule has 12 heavy (non-hydrogen) atoms. The summed E-state index contributed by atoms with van der Waals surface area (Å²) in [7, 11) is 1.75. The molecule has 1 heterocycles. The molecule has 0 aliphatic carbocycles. The van der Waals surface area contributed by atoms with E-state index in [-0.39, 0.29) is 0 Å². The van der Waals surface area contributed by atoms with Crippen LogP contribution >= 0.6 is 0 Å². The zero-order valence-corrected chi connectivity index (χ0v) is 6.80. The predicted molar refractivity (Wildman–Crippen MR) is 37.7 cm³/mol. The van der Waals surface area contributed by atoms with Crippen LogP contribution in [0.2, 0.25) is 0 Å². The van der Waals surface area contributed by atoms with E-state index < -0.39 is 18.2 Å². The molecule has 1 aliphatic heterocycles. The van der Waals surface area contributed by atoms with Crippen LogP contribution in [0.15, 0.2) is 0 Å². The lowest BCUT2D eigenvalue weighted by Crippen LogP contribution is -2.37. The highest BCUT2D eigenvalue weighted by Crippen LogP contribution is 2.30. The zero-order chi connectivity index (χ0) is 9.35. The summed E-state index contributed by atoms with van der Waals surface area (Å²) in [4.78, 5) is 1.79. The highest BCUT2D eigenvalue weighted by atomic mass is 19.4. The van der Waals surface area contributed by atoms with Crippen molar-refractivity contribution < 1.29 is 18.3 Å². The van der Waals surface area contributed by atoms with Crippen LogP contribution in [0.3, 0.4) is 0 Å². The van der Waals surface area contributed by atoms with Crippen molar-refractivity contribution in [3.63, 3.8) is 0 Å². The highest BCUT2D eigenvalue weighted by Gasteiger charge is 2.44. The molecule has 2 nitrogen and oxygen atoms in total. The fourth-order valence-corrected chi connectivity index (χ4v) is 1.49. The maximum Gasteiger partial charge on any atom is 0.414 e. The summed E-state index contributed by atoms with van der Waals surface area (Å²) in [5.41, 5.74) is 0. The number of nitrogens with zero attached hydrogens (tertiary/aromatic N) is 1. The van der Waals surface area contributed by atoms with Gasteiger partial charge in [-0.1, -0.05) is 0 Å². The van der Waals surface area contributed by atoms with E-state index in [0.29, 0.717) is 19.5 Å². The van der Waals surface area contributed by atoms with E-state index in [9.17, 15) is 13.2 Å². The molecule has 0 amide bonds. The smallest absolute Gasteiger partial charge is 0.383 e. The summed E-state index contributed by atoms with van der Waals surface area (Å²) in [5, 5.41) is 8.85. The molecule has 1 saturated heterocycles. The van der Waals surface area contributed by atoms with Gasteiger partial charge in [0.2, 0.25) is 0 Å². The van der Waals surface area contributed by atoms with Gasteiger partial charge in [0.25, 0.3) is 0 Å².